The van der Waals surface area contributed by atoms with E-state index >= 15 is 0 Å². The van der Waals surface area contributed by atoms with Crippen molar-refractivity contribution in [2.75, 3.05) is 26.2 Å². The largest absolute Gasteiger partial charge is 0.494 e. The number of benzene rings is 1. The molecular weight excluding hydrogens is 308 g/mol. The number of piperazine rings is 1. The van der Waals surface area contributed by atoms with Crippen LogP contribution in [0.2, 0.25) is 0 Å². The molecule has 25 heavy (non-hydrogen) atoms. The van der Waals surface area contributed by atoms with Crippen molar-refractivity contribution in [1.29, 1.82) is 0 Å². The summed E-state index contributed by atoms with van der Waals surface area (Å²) in [5.74, 6) is 1.99. The van der Waals surface area contributed by atoms with Crippen LogP contribution in [0, 0.1) is 5.92 Å². The van der Waals surface area contributed by atoms with Crippen LogP contribution in [-0.4, -0.2) is 48.1 Å². The number of para-hydroxylation sites is 1. The van der Waals surface area contributed by atoms with Crippen LogP contribution in [0.3, 0.4) is 0 Å². The van der Waals surface area contributed by atoms with E-state index in [9.17, 15) is 0 Å². The van der Waals surface area contributed by atoms with E-state index in [1.807, 2.05) is 0 Å². The first-order valence-corrected chi connectivity index (χ1v) is 10.6. The van der Waals surface area contributed by atoms with Gasteiger partial charge in [-0.15, -0.1) is 0 Å². The minimum atomic E-state index is 0.749. The lowest BCUT2D eigenvalue weighted by Crippen LogP contribution is -2.59. The fourth-order valence-corrected chi connectivity index (χ4v) is 5.59. The zero-order chi connectivity index (χ0) is 17.1. The van der Waals surface area contributed by atoms with Crippen LogP contribution < -0.4 is 4.74 Å². The lowest BCUT2D eigenvalue weighted by molar-refractivity contribution is -0.00418. The number of hydrogen-bond donors (Lipinski definition) is 0. The van der Waals surface area contributed by atoms with Gasteiger partial charge in [-0.25, -0.2) is 0 Å². The van der Waals surface area contributed by atoms with Gasteiger partial charge in [-0.3, -0.25) is 9.80 Å². The highest BCUT2D eigenvalue weighted by Crippen LogP contribution is 2.38. The van der Waals surface area contributed by atoms with E-state index < -0.39 is 0 Å². The minimum absolute atomic E-state index is 0.749. The molecule has 2 heterocycles. The number of ether oxygens (including phenoxy) is 1. The smallest absolute Gasteiger partial charge is 0.123 e. The van der Waals surface area contributed by atoms with Gasteiger partial charge in [-0.2, -0.15) is 0 Å². The standard InChI is InChI=1S/C22H34N2O/c1-2-25-21-13-7-6-11-19(21)17-24-16-15-23-14-8-12-20(23)22(24)18-9-4-3-5-10-18/h6-7,11,13,18,20,22H,2-5,8-10,12,14-17H2,1H3/t20-,22+/m0/s1. The van der Waals surface area contributed by atoms with E-state index in [-0.39, 0.29) is 0 Å². The molecule has 1 saturated carbocycles. The SMILES string of the molecule is CCOc1ccccc1CN1CCN2CCC[C@H]2[C@H]1C1CCCCC1. The van der Waals surface area contributed by atoms with Gasteiger partial charge in [0, 0.05) is 37.3 Å². The van der Waals surface area contributed by atoms with Crippen molar-refractivity contribution in [1.82, 2.24) is 9.80 Å². The monoisotopic (exact) mass is 342 g/mol. The molecule has 0 radical (unpaired) electrons. The first-order valence-electron chi connectivity index (χ1n) is 10.6. The van der Waals surface area contributed by atoms with Crippen LogP contribution in [0.25, 0.3) is 0 Å². The van der Waals surface area contributed by atoms with Gasteiger partial charge < -0.3 is 4.74 Å². The summed E-state index contributed by atoms with van der Waals surface area (Å²) < 4.78 is 5.91. The lowest BCUT2D eigenvalue weighted by atomic mass is 9.78. The Bertz CT molecular complexity index is 555. The fourth-order valence-electron chi connectivity index (χ4n) is 5.59. The van der Waals surface area contributed by atoms with Gasteiger partial charge >= 0.3 is 0 Å². The van der Waals surface area contributed by atoms with Gasteiger partial charge in [0.1, 0.15) is 5.75 Å². The molecule has 0 N–H and O–H groups in total. The topological polar surface area (TPSA) is 15.7 Å². The molecule has 1 aromatic carbocycles. The molecule has 3 aliphatic rings. The van der Waals surface area contributed by atoms with Crippen molar-refractivity contribution >= 4 is 0 Å². The van der Waals surface area contributed by atoms with Crippen molar-refractivity contribution in [3.8, 4) is 5.75 Å². The van der Waals surface area contributed by atoms with E-state index in [0.29, 0.717) is 0 Å². The molecule has 4 rings (SSSR count). The van der Waals surface area contributed by atoms with Crippen LogP contribution in [0.4, 0.5) is 0 Å². The van der Waals surface area contributed by atoms with Crippen molar-refractivity contribution < 1.29 is 4.74 Å². The highest BCUT2D eigenvalue weighted by molar-refractivity contribution is 5.33. The zero-order valence-electron chi connectivity index (χ0n) is 15.8. The summed E-state index contributed by atoms with van der Waals surface area (Å²) in [6, 6.07) is 10.2. The van der Waals surface area contributed by atoms with Crippen LogP contribution >= 0.6 is 0 Å². The number of nitrogens with zero attached hydrogens (tertiary/aromatic N) is 2. The third-order valence-electron chi connectivity index (χ3n) is 6.68. The van der Waals surface area contributed by atoms with Crippen molar-refractivity contribution in [2.24, 2.45) is 5.92 Å². The summed E-state index contributed by atoms with van der Waals surface area (Å²) in [6.07, 6.45) is 10.0. The second-order valence-corrected chi connectivity index (χ2v) is 8.15. The Balaban J connectivity index is 1.56. The Labute approximate surface area is 153 Å². The van der Waals surface area contributed by atoms with E-state index in [1.165, 1.54) is 70.1 Å². The molecule has 0 amide bonds. The van der Waals surface area contributed by atoms with Crippen molar-refractivity contribution in [3.63, 3.8) is 0 Å². The molecule has 3 nitrogen and oxygen atoms in total. The third-order valence-corrected chi connectivity index (χ3v) is 6.68. The lowest BCUT2D eigenvalue weighted by Gasteiger charge is -2.49. The number of hydrogen-bond acceptors (Lipinski definition) is 3. The van der Waals surface area contributed by atoms with Gasteiger partial charge in [0.15, 0.2) is 0 Å². The maximum atomic E-state index is 5.91. The third kappa shape index (κ3) is 3.73. The average molecular weight is 343 g/mol. The maximum absolute atomic E-state index is 5.91. The molecule has 138 valence electrons. The Hall–Kier alpha value is -1.06. The Morgan fingerprint density at radius 1 is 0.960 bits per heavy atom. The van der Waals surface area contributed by atoms with E-state index in [0.717, 1.165) is 36.9 Å². The van der Waals surface area contributed by atoms with Gasteiger partial charge in [0.05, 0.1) is 6.61 Å². The minimum Gasteiger partial charge on any atom is -0.494 e. The molecule has 3 heteroatoms. The van der Waals surface area contributed by atoms with Gasteiger partial charge in [-0.1, -0.05) is 37.5 Å². The molecule has 2 atom stereocenters. The summed E-state index contributed by atoms with van der Waals surface area (Å²) in [5, 5.41) is 0. The Kier molecular flexibility index (Phi) is 5.62. The number of fused-ring (bicyclic) bond motifs is 1. The maximum Gasteiger partial charge on any atom is 0.123 e. The normalized spacial score (nSPS) is 28.8. The molecule has 0 unspecified atom stereocenters. The molecule has 1 aliphatic carbocycles. The first kappa shape index (κ1) is 17.4. The summed E-state index contributed by atoms with van der Waals surface area (Å²) in [6.45, 7) is 7.69. The predicted molar refractivity (Wildman–Crippen MR) is 103 cm³/mol. The van der Waals surface area contributed by atoms with Crippen LogP contribution in [-0.2, 0) is 6.54 Å². The van der Waals surface area contributed by atoms with Gasteiger partial charge in [0.2, 0.25) is 0 Å². The molecule has 0 bridgehead atoms. The first-order chi connectivity index (χ1) is 12.4. The van der Waals surface area contributed by atoms with E-state index in [4.69, 9.17) is 4.74 Å². The summed E-state index contributed by atoms with van der Waals surface area (Å²) in [7, 11) is 0. The van der Waals surface area contributed by atoms with Gasteiger partial charge in [-0.05, 0) is 51.1 Å². The predicted octanol–water partition coefficient (Wildman–Crippen LogP) is 4.31. The number of rotatable bonds is 5. The van der Waals surface area contributed by atoms with Crippen molar-refractivity contribution in [3.05, 3.63) is 29.8 Å². The highest BCUT2D eigenvalue weighted by Gasteiger charge is 2.43. The Morgan fingerprint density at radius 3 is 2.64 bits per heavy atom. The fraction of sp³-hybridized carbons (Fsp3) is 0.727. The summed E-state index contributed by atoms with van der Waals surface area (Å²) in [4.78, 5) is 5.62. The van der Waals surface area contributed by atoms with Crippen LogP contribution in [0.5, 0.6) is 5.75 Å². The molecule has 1 aromatic rings. The molecule has 0 spiro atoms. The Morgan fingerprint density at radius 2 is 1.80 bits per heavy atom. The van der Waals surface area contributed by atoms with Crippen LogP contribution in [0.15, 0.2) is 24.3 Å². The van der Waals surface area contributed by atoms with Crippen LogP contribution in [0.1, 0.15) is 57.4 Å². The van der Waals surface area contributed by atoms with E-state index in [2.05, 4.69) is 41.0 Å². The summed E-state index contributed by atoms with van der Waals surface area (Å²) >= 11 is 0. The highest BCUT2D eigenvalue weighted by atomic mass is 16.5. The average Bonchev–Trinajstić information content (AvgIpc) is 3.13. The quantitative estimate of drug-likeness (QED) is 0.793. The van der Waals surface area contributed by atoms with Gasteiger partial charge in [0.25, 0.3) is 0 Å². The second-order valence-electron chi connectivity index (χ2n) is 8.15. The van der Waals surface area contributed by atoms with Crippen molar-refractivity contribution in [2.45, 2.75) is 70.5 Å². The zero-order valence-corrected chi connectivity index (χ0v) is 15.8. The molecule has 3 fully saturated rings. The summed E-state index contributed by atoms with van der Waals surface area (Å²) in [5.41, 5.74) is 1.37. The molecule has 2 aliphatic heterocycles. The second kappa shape index (κ2) is 8.09. The van der Waals surface area contributed by atoms with E-state index in [1.54, 1.807) is 0 Å². The molecule has 0 aromatic heterocycles. The molecule has 2 saturated heterocycles. The molecular formula is C22H34N2O.